The Hall–Kier alpha value is -0.940. The number of hydrogen-bond acceptors (Lipinski definition) is 5. The summed E-state index contributed by atoms with van der Waals surface area (Å²) < 4.78 is 5.42. The number of nitrogens with zero attached hydrogens (tertiary/aromatic N) is 3. The second-order valence-electron chi connectivity index (χ2n) is 6.42. The second-order valence-corrected chi connectivity index (χ2v) is 6.42. The third kappa shape index (κ3) is 5.40. The first-order chi connectivity index (χ1) is 10.2. The van der Waals surface area contributed by atoms with Gasteiger partial charge in [-0.15, -0.1) is 0 Å². The van der Waals surface area contributed by atoms with Gasteiger partial charge in [-0.2, -0.15) is 4.98 Å². The predicted octanol–water partition coefficient (Wildman–Crippen LogP) is 2.62. The lowest BCUT2D eigenvalue weighted by atomic mass is 9.97. The summed E-state index contributed by atoms with van der Waals surface area (Å²) in [7, 11) is 0. The quantitative estimate of drug-likeness (QED) is 0.799. The van der Waals surface area contributed by atoms with Gasteiger partial charge in [0, 0.05) is 19.0 Å². The highest BCUT2D eigenvalue weighted by atomic mass is 16.5. The molecule has 0 aliphatic carbocycles. The van der Waals surface area contributed by atoms with Crippen LogP contribution in [-0.4, -0.2) is 40.7 Å². The van der Waals surface area contributed by atoms with Gasteiger partial charge in [0.15, 0.2) is 5.82 Å². The highest BCUT2D eigenvalue weighted by Crippen LogP contribution is 2.17. The smallest absolute Gasteiger partial charge is 0.240 e. The fraction of sp³-hybridized carbons (Fsp3) is 0.875. The van der Waals surface area contributed by atoms with Crippen molar-refractivity contribution >= 4 is 0 Å². The van der Waals surface area contributed by atoms with E-state index in [0.29, 0.717) is 6.04 Å². The largest absolute Gasteiger partial charge is 0.338 e. The zero-order valence-corrected chi connectivity index (χ0v) is 13.8. The molecule has 0 aromatic carbocycles. The molecule has 1 aliphatic heterocycles. The Morgan fingerprint density at radius 1 is 1.33 bits per heavy atom. The van der Waals surface area contributed by atoms with Gasteiger partial charge in [-0.3, -0.25) is 4.90 Å². The summed E-state index contributed by atoms with van der Waals surface area (Å²) in [6.07, 6.45) is 5.76. The normalized spacial score (nSPS) is 17.0. The van der Waals surface area contributed by atoms with E-state index in [2.05, 4.69) is 41.1 Å². The van der Waals surface area contributed by atoms with Crippen molar-refractivity contribution in [3.05, 3.63) is 11.7 Å². The minimum atomic E-state index is 0.505. The fourth-order valence-electron chi connectivity index (χ4n) is 2.82. The summed E-state index contributed by atoms with van der Waals surface area (Å²) in [6.45, 7) is 10.9. The van der Waals surface area contributed by atoms with Gasteiger partial charge in [0.2, 0.25) is 5.89 Å². The van der Waals surface area contributed by atoms with Crippen LogP contribution in [0.3, 0.4) is 0 Å². The molecule has 0 bridgehead atoms. The first kappa shape index (κ1) is 16.4. The summed E-state index contributed by atoms with van der Waals surface area (Å²) in [6, 6.07) is 0.505. The van der Waals surface area contributed by atoms with Gasteiger partial charge in [-0.05, 0) is 52.1 Å². The highest BCUT2D eigenvalue weighted by Gasteiger charge is 2.21. The molecule has 1 N–H and O–H groups in total. The zero-order valence-electron chi connectivity index (χ0n) is 13.8. The van der Waals surface area contributed by atoms with E-state index in [-0.39, 0.29) is 0 Å². The molecule has 0 amide bonds. The van der Waals surface area contributed by atoms with Crippen LogP contribution in [-0.2, 0) is 13.0 Å². The number of rotatable bonds is 8. The van der Waals surface area contributed by atoms with Crippen LogP contribution in [0.5, 0.6) is 0 Å². The number of piperidine rings is 1. The van der Waals surface area contributed by atoms with E-state index in [4.69, 9.17) is 4.52 Å². The van der Waals surface area contributed by atoms with Crippen LogP contribution in [0, 0.1) is 5.92 Å². The van der Waals surface area contributed by atoms with E-state index in [1.165, 1.54) is 12.8 Å². The molecule has 120 valence electrons. The van der Waals surface area contributed by atoms with E-state index < -0.39 is 0 Å². The summed E-state index contributed by atoms with van der Waals surface area (Å²) >= 11 is 0. The molecule has 2 rings (SSSR count). The second kappa shape index (κ2) is 8.49. The van der Waals surface area contributed by atoms with E-state index in [1.807, 2.05) is 0 Å². The lowest BCUT2D eigenvalue weighted by Gasteiger charge is -2.31. The third-order valence-corrected chi connectivity index (χ3v) is 4.28. The molecule has 1 aliphatic rings. The van der Waals surface area contributed by atoms with Crippen molar-refractivity contribution < 1.29 is 4.52 Å². The van der Waals surface area contributed by atoms with Gasteiger partial charge >= 0.3 is 0 Å². The van der Waals surface area contributed by atoms with Crippen molar-refractivity contribution in [2.75, 3.05) is 19.6 Å². The molecule has 0 atom stereocenters. The molecule has 2 heterocycles. The summed E-state index contributed by atoms with van der Waals surface area (Å²) in [5.41, 5.74) is 0. The number of unbranched alkanes of at least 4 members (excludes halogenated alkanes) is 1. The Labute approximate surface area is 128 Å². The zero-order chi connectivity index (χ0) is 15.1. The molecule has 1 saturated heterocycles. The van der Waals surface area contributed by atoms with Crippen LogP contribution in [0.4, 0.5) is 0 Å². The van der Waals surface area contributed by atoms with Gasteiger partial charge < -0.3 is 9.84 Å². The van der Waals surface area contributed by atoms with Crippen LogP contribution >= 0.6 is 0 Å². The van der Waals surface area contributed by atoms with Crippen molar-refractivity contribution in [2.24, 2.45) is 5.92 Å². The fourth-order valence-corrected chi connectivity index (χ4v) is 2.82. The van der Waals surface area contributed by atoms with Gasteiger partial charge in [-0.25, -0.2) is 0 Å². The van der Waals surface area contributed by atoms with Crippen molar-refractivity contribution in [3.63, 3.8) is 0 Å². The Kier molecular flexibility index (Phi) is 6.64. The van der Waals surface area contributed by atoms with Crippen LogP contribution in [0.25, 0.3) is 0 Å². The molecular weight excluding hydrogens is 264 g/mol. The number of aryl methyl sites for hydroxylation is 1. The third-order valence-electron chi connectivity index (χ3n) is 4.28. The molecule has 1 aromatic rings. The van der Waals surface area contributed by atoms with Crippen molar-refractivity contribution in [1.82, 2.24) is 20.4 Å². The molecule has 1 fully saturated rings. The minimum absolute atomic E-state index is 0.505. The van der Waals surface area contributed by atoms with E-state index in [1.54, 1.807) is 0 Å². The molecule has 0 saturated carbocycles. The topological polar surface area (TPSA) is 54.2 Å². The van der Waals surface area contributed by atoms with Crippen molar-refractivity contribution in [1.29, 1.82) is 0 Å². The van der Waals surface area contributed by atoms with E-state index >= 15 is 0 Å². The molecule has 0 spiro atoms. The molecule has 5 nitrogen and oxygen atoms in total. The Morgan fingerprint density at radius 3 is 2.76 bits per heavy atom. The van der Waals surface area contributed by atoms with Gasteiger partial charge in [-0.1, -0.05) is 18.5 Å². The predicted molar refractivity (Wildman–Crippen MR) is 84.0 cm³/mol. The number of hydrogen-bond donors (Lipinski definition) is 1. The van der Waals surface area contributed by atoms with Gasteiger partial charge in [0.05, 0.1) is 6.54 Å². The Balaban J connectivity index is 1.87. The van der Waals surface area contributed by atoms with E-state index in [9.17, 15) is 0 Å². The monoisotopic (exact) mass is 294 g/mol. The molecule has 5 heteroatoms. The van der Waals surface area contributed by atoms with Gasteiger partial charge in [0.1, 0.15) is 0 Å². The summed E-state index contributed by atoms with van der Waals surface area (Å²) in [4.78, 5) is 7.00. The minimum Gasteiger partial charge on any atom is -0.338 e. The van der Waals surface area contributed by atoms with Crippen molar-refractivity contribution in [3.8, 4) is 0 Å². The molecule has 21 heavy (non-hydrogen) atoms. The maximum absolute atomic E-state index is 5.42. The highest BCUT2D eigenvalue weighted by molar-refractivity contribution is 4.87. The standard InChI is InChI=1S/C16H30N4O/c1-4-5-6-15-18-16(21-19-15)12-20(13(2)3)11-14-7-9-17-10-8-14/h13-14,17H,4-12H2,1-3H3. The first-order valence-electron chi connectivity index (χ1n) is 8.45. The maximum atomic E-state index is 5.42. The lowest BCUT2D eigenvalue weighted by molar-refractivity contribution is 0.144. The average molecular weight is 294 g/mol. The average Bonchev–Trinajstić information content (AvgIpc) is 2.93. The van der Waals surface area contributed by atoms with Gasteiger partial charge in [0.25, 0.3) is 0 Å². The van der Waals surface area contributed by atoms with Crippen LogP contribution in [0.1, 0.15) is 58.2 Å². The van der Waals surface area contributed by atoms with Crippen LogP contribution < -0.4 is 5.32 Å². The van der Waals surface area contributed by atoms with Crippen LogP contribution in [0.2, 0.25) is 0 Å². The Morgan fingerprint density at radius 2 is 2.10 bits per heavy atom. The van der Waals surface area contributed by atoms with Crippen LogP contribution in [0.15, 0.2) is 4.52 Å². The summed E-state index contributed by atoms with van der Waals surface area (Å²) in [5.74, 6) is 2.41. The van der Waals surface area contributed by atoms with Crippen molar-refractivity contribution in [2.45, 2.75) is 65.5 Å². The molecule has 0 radical (unpaired) electrons. The SMILES string of the molecule is CCCCc1noc(CN(CC2CCNCC2)C(C)C)n1. The van der Waals surface area contributed by atoms with E-state index in [0.717, 1.165) is 63.1 Å². The Bertz CT molecular complexity index is 399. The number of nitrogens with one attached hydrogen (secondary N) is 1. The molecule has 1 aromatic heterocycles. The summed E-state index contributed by atoms with van der Waals surface area (Å²) in [5, 5.41) is 7.52. The maximum Gasteiger partial charge on any atom is 0.240 e. The molecule has 0 unspecified atom stereocenters. The first-order valence-corrected chi connectivity index (χ1v) is 8.45. The number of aromatic nitrogens is 2. The lowest BCUT2D eigenvalue weighted by Crippen LogP contribution is -2.39. The molecular formula is C16H30N4O.